The van der Waals surface area contributed by atoms with Crippen molar-refractivity contribution < 1.29 is 4.74 Å². The van der Waals surface area contributed by atoms with Crippen LogP contribution >= 0.6 is 35.3 Å². The molecule has 27 heavy (non-hydrogen) atoms. The molecule has 0 atom stereocenters. The predicted molar refractivity (Wildman–Crippen MR) is 120 cm³/mol. The molecule has 1 N–H and O–H groups in total. The van der Waals surface area contributed by atoms with Crippen LogP contribution in [-0.2, 0) is 6.54 Å². The minimum Gasteiger partial charge on any atom is -0.490 e. The Morgan fingerprint density at radius 1 is 1.30 bits per heavy atom. The second-order valence-electron chi connectivity index (χ2n) is 6.34. The number of thiazole rings is 1. The molecule has 0 bridgehead atoms. The molecule has 6 nitrogen and oxygen atoms in total. The summed E-state index contributed by atoms with van der Waals surface area (Å²) in [5, 5.41) is 5.48. The fourth-order valence-corrected chi connectivity index (χ4v) is 3.96. The fourth-order valence-electron chi connectivity index (χ4n) is 3.24. The summed E-state index contributed by atoms with van der Waals surface area (Å²) in [6, 6.07) is 10.1. The Balaban J connectivity index is 0.00000210. The second kappa shape index (κ2) is 9.41. The average Bonchev–Trinajstić information content (AvgIpc) is 3.26. The lowest BCUT2D eigenvalue weighted by Gasteiger charge is -2.34. The van der Waals surface area contributed by atoms with Crippen molar-refractivity contribution >= 4 is 46.2 Å². The van der Waals surface area contributed by atoms with Crippen LogP contribution in [0.5, 0.6) is 5.75 Å². The number of guanidine groups is 1. The van der Waals surface area contributed by atoms with E-state index >= 15 is 0 Å². The van der Waals surface area contributed by atoms with Gasteiger partial charge in [0.1, 0.15) is 11.9 Å². The van der Waals surface area contributed by atoms with E-state index in [1.165, 1.54) is 0 Å². The highest BCUT2D eigenvalue weighted by atomic mass is 127. The highest BCUT2D eigenvalue weighted by Crippen LogP contribution is 2.19. The van der Waals surface area contributed by atoms with Crippen molar-refractivity contribution in [3.63, 3.8) is 0 Å². The van der Waals surface area contributed by atoms with Crippen molar-refractivity contribution in [3.8, 4) is 5.75 Å². The third-order valence-electron chi connectivity index (χ3n) is 4.57. The van der Waals surface area contributed by atoms with Gasteiger partial charge in [-0.1, -0.05) is 18.2 Å². The van der Waals surface area contributed by atoms with Gasteiger partial charge in [0, 0.05) is 50.8 Å². The number of benzene rings is 1. The molecule has 3 aromatic rings. The molecule has 0 saturated carbocycles. The van der Waals surface area contributed by atoms with Crippen molar-refractivity contribution in [3.05, 3.63) is 53.8 Å². The van der Waals surface area contributed by atoms with Crippen molar-refractivity contribution in [2.75, 3.05) is 20.1 Å². The van der Waals surface area contributed by atoms with Crippen LogP contribution in [-0.4, -0.2) is 46.5 Å². The summed E-state index contributed by atoms with van der Waals surface area (Å²) < 4.78 is 8.12. The monoisotopic (exact) mass is 497 g/mol. The van der Waals surface area contributed by atoms with Crippen molar-refractivity contribution in [1.82, 2.24) is 19.6 Å². The third kappa shape index (κ3) is 4.92. The van der Waals surface area contributed by atoms with Gasteiger partial charge in [0.25, 0.3) is 0 Å². The Hall–Kier alpha value is -1.81. The quantitative estimate of drug-likeness (QED) is 0.340. The number of fused-ring (bicyclic) bond motifs is 1. The molecule has 1 aromatic carbocycles. The Morgan fingerprint density at radius 2 is 2.07 bits per heavy atom. The molecule has 0 aliphatic carbocycles. The van der Waals surface area contributed by atoms with E-state index in [-0.39, 0.29) is 30.1 Å². The molecule has 144 valence electrons. The molecule has 1 fully saturated rings. The molecule has 1 aliphatic rings. The molecule has 0 radical (unpaired) electrons. The summed E-state index contributed by atoms with van der Waals surface area (Å²) in [5.74, 6) is 1.88. The van der Waals surface area contributed by atoms with Crippen LogP contribution in [0.2, 0.25) is 0 Å². The van der Waals surface area contributed by atoms with E-state index in [9.17, 15) is 0 Å². The number of piperidine rings is 1. The zero-order valence-corrected chi connectivity index (χ0v) is 18.4. The van der Waals surface area contributed by atoms with Crippen LogP contribution in [0, 0.1) is 0 Å². The Morgan fingerprint density at radius 3 is 2.78 bits per heavy atom. The molecule has 2 aromatic heterocycles. The fraction of sp³-hybridized carbons (Fsp3) is 0.368. The van der Waals surface area contributed by atoms with Gasteiger partial charge in [0.15, 0.2) is 10.9 Å². The normalized spacial score (nSPS) is 15.6. The largest absolute Gasteiger partial charge is 0.490 e. The molecule has 8 heteroatoms. The summed E-state index contributed by atoms with van der Waals surface area (Å²) in [4.78, 5) is 12.4. The Kier molecular flexibility index (Phi) is 6.95. The number of halogens is 1. The van der Waals surface area contributed by atoms with E-state index < -0.39 is 0 Å². The number of nitrogens with zero attached hydrogens (tertiary/aromatic N) is 4. The van der Waals surface area contributed by atoms with E-state index in [4.69, 9.17) is 4.74 Å². The number of hydrogen-bond donors (Lipinski definition) is 1. The molecule has 0 unspecified atom stereocenters. The zero-order chi connectivity index (χ0) is 17.8. The van der Waals surface area contributed by atoms with Crippen LogP contribution in [0.25, 0.3) is 4.96 Å². The number of hydrogen-bond acceptors (Lipinski definition) is 4. The average molecular weight is 497 g/mol. The first-order chi connectivity index (χ1) is 12.8. The van der Waals surface area contributed by atoms with Crippen LogP contribution < -0.4 is 10.1 Å². The van der Waals surface area contributed by atoms with Crippen LogP contribution in [0.3, 0.4) is 0 Å². The molecule has 0 spiro atoms. The smallest absolute Gasteiger partial charge is 0.193 e. The summed E-state index contributed by atoms with van der Waals surface area (Å²) in [6.45, 7) is 2.56. The lowest BCUT2D eigenvalue weighted by atomic mass is 10.1. The highest BCUT2D eigenvalue weighted by molar-refractivity contribution is 14.0. The number of para-hydroxylation sites is 1. The molecule has 1 aliphatic heterocycles. The highest BCUT2D eigenvalue weighted by Gasteiger charge is 2.22. The second-order valence-corrected chi connectivity index (χ2v) is 7.22. The number of likely N-dealkylation sites (tertiary alicyclic amines) is 1. The standard InChI is InChI=1S/C19H23N5OS.HI/c1-20-18(21-13-15-14-24-11-12-26-19(24)22-15)23-9-7-17(8-10-23)25-16-5-3-2-4-6-16;/h2-6,11-12,14,17H,7-10,13H2,1H3,(H,20,21);1H. The van der Waals surface area contributed by atoms with Gasteiger partial charge in [-0.05, 0) is 12.1 Å². The van der Waals surface area contributed by atoms with E-state index in [1.807, 2.05) is 49.0 Å². The molecule has 3 heterocycles. The van der Waals surface area contributed by atoms with Crippen LogP contribution in [0.15, 0.2) is 53.1 Å². The first-order valence-electron chi connectivity index (χ1n) is 8.90. The topological polar surface area (TPSA) is 54.2 Å². The molecular weight excluding hydrogens is 473 g/mol. The summed E-state index contributed by atoms with van der Waals surface area (Å²) in [6.07, 6.45) is 6.35. The van der Waals surface area contributed by atoms with Crippen LogP contribution in [0.1, 0.15) is 18.5 Å². The summed E-state index contributed by atoms with van der Waals surface area (Å²) >= 11 is 1.65. The van der Waals surface area contributed by atoms with Gasteiger partial charge in [0.05, 0.1) is 12.2 Å². The molecule has 4 rings (SSSR count). The van der Waals surface area contributed by atoms with Crippen LogP contribution in [0.4, 0.5) is 0 Å². The van der Waals surface area contributed by atoms with E-state index in [0.717, 1.165) is 48.3 Å². The van der Waals surface area contributed by atoms with E-state index in [1.54, 1.807) is 11.3 Å². The van der Waals surface area contributed by atoms with Crippen molar-refractivity contribution in [2.45, 2.75) is 25.5 Å². The molecular formula is C19H24IN5OS. The van der Waals surface area contributed by atoms with Gasteiger partial charge in [-0.2, -0.15) is 0 Å². The zero-order valence-electron chi connectivity index (χ0n) is 15.2. The number of nitrogens with one attached hydrogen (secondary N) is 1. The maximum Gasteiger partial charge on any atom is 0.193 e. The van der Waals surface area contributed by atoms with E-state index in [0.29, 0.717) is 6.54 Å². The minimum atomic E-state index is 0. The first-order valence-corrected chi connectivity index (χ1v) is 9.78. The van der Waals surface area contributed by atoms with Gasteiger partial charge in [-0.3, -0.25) is 9.39 Å². The lowest BCUT2D eigenvalue weighted by Crippen LogP contribution is -2.47. The number of imidazole rings is 1. The summed E-state index contributed by atoms with van der Waals surface area (Å²) in [7, 11) is 1.83. The minimum absolute atomic E-state index is 0. The maximum absolute atomic E-state index is 6.07. The number of ether oxygens (including phenoxy) is 1. The van der Waals surface area contributed by atoms with E-state index in [2.05, 4.69) is 30.8 Å². The predicted octanol–water partition coefficient (Wildman–Crippen LogP) is 3.63. The van der Waals surface area contributed by atoms with Gasteiger partial charge in [-0.25, -0.2) is 4.98 Å². The van der Waals surface area contributed by atoms with Gasteiger partial charge in [-0.15, -0.1) is 35.3 Å². The Labute approximate surface area is 180 Å². The maximum atomic E-state index is 6.07. The van der Waals surface area contributed by atoms with Gasteiger partial charge < -0.3 is 15.0 Å². The number of aromatic nitrogens is 2. The number of rotatable bonds is 4. The number of aliphatic imine (C=N–C) groups is 1. The van der Waals surface area contributed by atoms with Gasteiger partial charge >= 0.3 is 0 Å². The van der Waals surface area contributed by atoms with Gasteiger partial charge in [0.2, 0.25) is 0 Å². The molecule has 1 saturated heterocycles. The third-order valence-corrected chi connectivity index (χ3v) is 5.34. The summed E-state index contributed by atoms with van der Waals surface area (Å²) in [5.41, 5.74) is 1.03. The van der Waals surface area contributed by atoms with Crippen molar-refractivity contribution in [1.29, 1.82) is 0 Å². The SMILES string of the molecule is CN=C(NCc1cn2ccsc2n1)N1CCC(Oc2ccccc2)CC1.I. The van der Waals surface area contributed by atoms with Crippen molar-refractivity contribution in [2.24, 2.45) is 4.99 Å². The lowest BCUT2D eigenvalue weighted by molar-refractivity contribution is 0.129. The first kappa shape index (κ1) is 19.9. The Bertz CT molecular complexity index is 842. The molecule has 0 amide bonds.